The third-order valence-electron chi connectivity index (χ3n) is 4.47. The van der Waals surface area contributed by atoms with E-state index >= 15 is 0 Å². The zero-order valence-electron chi connectivity index (χ0n) is 17.5. The molecule has 172 valence electrons. The minimum absolute atomic E-state index is 0.0358. The molecule has 1 heterocycles. The summed E-state index contributed by atoms with van der Waals surface area (Å²) in [5, 5.41) is 14.8. The van der Waals surface area contributed by atoms with Gasteiger partial charge in [0.1, 0.15) is 5.82 Å². The van der Waals surface area contributed by atoms with Gasteiger partial charge < -0.3 is 15.2 Å². The SMILES string of the molecule is C=CCn1c(SCC(=O)Nc2cccc(Cl)c2Cl)nnc1[C@@H](C)NC(=O)c1ccccc1F. The third-order valence-corrected chi connectivity index (χ3v) is 6.25. The van der Waals surface area contributed by atoms with Crippen LogP contribution in [-0.4, -0.2) is 32.3 Å². The van der Waals surface area contributed by atoms with Crippen LogP contribution < -0.4 is 10.6 Å². The highest BCUT2D eigenvalue weighted by atomic mass is 35.5. The van der Waals surface area contributed by atoms with Gasteiger partial charge in [0.2, 0.25) is 5.91 Å². The molecule has 0 aliphatic heterocycles. The van der Waals surface area contributed by atoms with Crippen LogP contribution in [0.2, 0.25) is 10.0 Å². The van der Waals surface area contributed by atoms with E-state index in [4.69, 9.17) is 23.2 Å². The maximum absolute atomic E-state index is 13.9. The topological polar surface area (TPSA) is 88.9 Å². The van der Waals surface area contributed by atoms with Gasteiger partial charge in [0.15, 0.2) is 11.0 Å². The van der Waals surface area contributed by atoms with Crippen LogP contribution in [0.5, 0.6) is 0 Å². The standard InChI is InChI=1S/C22H20Cl2FN5O2S/c1-3-11-30-20(13(2)26-21(32)14-7-4-5-9-16(14)25)28-29-22(30)33-12-18(31)27-17-10-6-8-15(23)19(17)24/h3-10,13H,1,11-12H2,2H3,(H,26,32)(H,27,31)/t13-/m1/s1. The van der Waals surface area contributed by atoms with Crippen molar-refractivity contribution in [3.63, 3.8) is 0 Å². The lowest BCUT2D eigenvalue weighted by molar-refractivity contribution is -0.113. The second-order valence-corrected chi connectivity index (χ2v) is 8.58. The average molecular weight is 508 g/mol. The lowest BCUT2D eigenvalue weighted by Crippen LogP contribution is -2.29. The summed E-state index contributed by atoms with van der Waals surface area (Å²) in [5.74, 6) is -1.01. The van der Waals surface area contributed by atoms with E-state index in [9.17, 15) is 14.0 Å². The van der Waals surface area contributed by atoms with Crippen molar-refractivity contribution < 1.29 is 14.0 Å². The molecule has 33 heavy (non-hydrogen) atoms. The minimum atomic E-state index is -0.614. The molecule has 0 spiro atoms. The van der Waals surface area contributed by atoms with Crippen molar-refractivity contribution in [3.8, 4) is 0 Å². The predicted molar refractivity (Wildman–Crippen MR) is 128 cm³/mol. The van der Waals surface area contributed by atoms with Crippen molar-refractivity contribution in [1.82, 2.24) is 20.1 Å². The molecule has 0 saturated heterocycles. The fraction of sp³-hybridized carbons (Fsp3) is 0.182. The highest BCUT2D eigenvalue weighted by Crippen LogP contribution is 2.30. The Morgan fingerprint density at radius 3 is 2.70 bits per heavy atom. The number of halogens is 3. The Labute approximate surface area is 204 Å². The number of hydrogen-bond acceptors (Lipinski definition) is 5. The fourth-order valence-corrected chi connectivity index (χ4v) is 4.03. The van der Waals surface area contributed by atoms with Gasteiger partial charge in [-0.3, -0.25) is 9.59 Å². The number of allylic oxidation sites excluding steroid dienone is 1. The van der Waals surface area contributed by atoms with E-state index in [0.29, 0.717) is 28.2 Å². The first-order valence-electron chi connectivity index (χ1n) is 9.77. The van der Waals surface area contributed by atoms with Crippen LogP contribution in [0.1, 0.15) is 29.1 Å². The van der Waals surface area contributed by atoms with Crippen LogP contribution in [0.25, 0.3) is 0 Å². The van der Waals surface area contributed by atoms with Crippen LogP contribution in [-0.2, 0) is 11.3 Å². The van der Waals surface area contributed by atoms with E-state index in [1.807, 2.05) is 0 Å². The number of hydrogen-bond donors (Lipinski definition) is 2. The molecule has 0 fully saturated rings. The third kappa shape index (κ3) is 6.13. The van der Waals surface area contributed by atoms with Gasteiger partial charge in [-0.05, 0) is 31.2 Å². The Morgan fingerprint density at radius 1 is 1.21 bits per heavy atom. The van der Waals surface area contributed by atoms with E-state index < -0.39 is 17.8 Å². The molecule has 11 heteroatoms. The molecular weight excluding hydrogens is 488 g/mol. The quantitative estimate of drug-likeness (QED) is 0.309. The Kier molecular flexibility index (Phi) is 8.49. The number of nitrogens with zero attached hydrogens (tertiary/aromatic N) is 3. The molecule has 0 unspecified atom stereocenters. The Balaban J connectivity index is 1.69. The molecule has 1 aromatic heterocycles. The normalized spacial score (nSPS) is 11.6. The molecule has 2 N–H and O–H groups in total. The molecule has 0 radical (unpaired) electrons. The molecule has 0 saturated carbocycles. The first kappa shape index (κ1) is 24.8. The summed E-state index contributed by atoms with van der Waals surface area (Å²) in [4.78, 5) is 24.8. The number of amides is 2. The zero-order valence-corrected chi connectivity index (χ0v) is 19.8. The first-order valence-corrected chi connectivity index (χ1v) is 11.5. The monoisotopic (exact) mass is 507 g/mol. The van der Waals surface area contributed by atoms with Crippen LogP contribution in [0.3, 0.4) is 0 Å². The van der Waals surface area contributed by atoms with Crippen molar-refractivity contribution in [2.45, 2.75) is 24.7 Å². The first-order chi connectivity index (χ1) is 15.8. The molecule has 0 aliphatic carbocycles. The number of carbonyl (C=O) groups excluding carboxylic acids is 2. The van der Waals surface area contributed by atoms with Gasteiger partial charge >= 0.3 is 0 Å². The van der Waals surface area contributed by atoms with Crippen LogP contribution in [0.4, 0.5) is 10.1 Å². The van der Waals surface area contributed by atoms with Crippen molar-refractivity contribution in [3.05, 3.63) is 82.4 Å². The minimum Gasteiger partial charge on any atom is -0.342 e. The van der Waals surface area contributed by atoms with Gasteiger partial charge in [0.05, 0.1) is 33.1 Å². The van der Waals surface area contributed by atoms with E-state index in [-0.39, 0.29) is 22.2 Å². The zero-order chi connectivity index (χ0) is 24.0. The number of anilines is 1. The molecule has 2 amide bonds. The van der Waals surface area contributed by atoms with E-state index in [1.54, 1.807) is 41.8 Å². The van der Waals surface area contributed by atoms with Crippen molar-refractivity contribution in [2.75, 3.05) is 11.1 Å². The number of nitrogens with one attached hydrogen (secondary N) is 2. The highest BCUT2D eigenvalue weighted by molar-refractivity contribution is 7.99. The molecule has 7 nitrogen and oxygen atoms in total. The predicted octanol–water partition coefficient (Wildman–Crippen LogP) is 5.13. The largest absolute Gasteiger partial charge is 0.342 e. The second-order valence-electron chi connectivity index (χ2n) is 6.85. The van der Waals surface area contributed by atoms with E-state index in [0.717, 1.165) is 11.8 Å². The summed E-state index contributed by atoms with van der Waals surface area (Å²) >= 11 is 13.2. The average Bonchev–Trinajstić information content (AvgIpc) is 3.18. The maximum Gasteiger partial charge on any atom is 0.254 e. The summed E-state index contributed by atoms with van der Waals surface area (Å²) in [6.45, 7) is 5.80. The fourth-order valence-electron chi connectivity index (χ4n) is 2.93. The molecular formula is C22H20Cl2FN5O2S. The van der Waals surface area contributed by atoms with Gasteiger partial charge in [-0.1, -0.05) is 59.2 Å². The molecule has 3 rings (SSSR count). The number of thioether (sulfide) groups is 1. The van der Waals surface area contributed by atoms with Crippen LogP contribution in [0, 0.1) is 5.82 Å². The lowest BCUT2D eigenvalue weighted by atomic mass is 10.2. The van der Waals surface area contributed by atoms with Gasteiger partial charge in [-0.25, -0.2) is 4.39 Å². The van der Waals surface area contributed by atoms with Crippen molar-refractivity contribution in [1.29, 1.82) is 0 Å². The molecule has 0 bridgehead atoms. The van der Waals surface area contributed by atoms with E-state index in [2.05, 4.69) is 27.4 Å². The summed E-state index contributed by atoms with van der Waals surface area (Å²) in [6, 6.07) is 10.1. The van der Waals surface area contributed by atoms with Gasteiger partial charge in [0.25, 0.3) is 5.91 Å². The Bertz CT molecular complexity index is 1190. The van der Waals surface area contributed by atoms with Crippen molar-refractivity contribution in [2.24, 2.45) is 0 Å². The highest BCUT2D eigenvalue weighted by Gasteiger charge is 2.21. The number of rotatable bonds is 9. The van der Waals surface area contributed by atoms with E-state index in [1.165, 1.54) is 18.2 Å². The number of carbonyl (C=O) groups is 2. The molecule has 2 aromatic carbocycles. The van der Waals surface area contributed by atoms with Crippen LogP contribution >= 0.6 is 35.0 Å². The Morgan fingerprint density at radius 2 is 1.97 bits per heavy atom. The summed E-state index contributed by atoms with van der Waals surface area (Å²) in [5.41, 5.74) is 0.345. The number of aromatic nitrogens is 3. The summed E-state index contributed by atoms with van der Waals surface area (Å²) in [6.07, 6.45) is 1.65. The molecule has 0 aliphatic rings. The van der Waals surface area contributed by atoms with Gasteiger partial charge in [0, 0.05) is 6.54 Å². The van der Waals surface area contributed by atoms with Crippen molar-refractivity contribution >= 4 is 52.5 Å². The van der Waals surface area contributed by atoms with Crippen LogP contribution in [0.15, 0.2) is 60.3 Å². The second kappa shape index (κ2) is 11.3. The molecule has 3 aromatic rings. The number of benzene rings is 2. The maximum atomic E-state index is 13.9. The molecule has 1 atom stereocenters. The van der Waals surface area contributed by atoms with Gasteiger partial charge in [-0.15, -0.1) is 16.8 Å². The summed E-state index contributed by atoms with van der Waals surface area (Å²) in [7, 11) is 0. The lowest BCUT2D eigenvalue weighted by Gasteiger charge is -2.15. The Hall–Kier alpha value is -2.88. The summed E-state index contributed by atoms with van der Waals surface area (Å²) < 4.78 is 15.6. The smallest absolute Gasteiger partial charge is 0.254 e. The van der Waals surface area contributed by atoms with Gasteiger partial charge in [-0.2, -0.15) is 0 Å².